The van der Waals surface area contributed by atoms with E-state index < -0.39 is 17.9 Å². The number of carbonyl (C=O) groups excluding carboxylic acids is 2. The lowest BCUT2D eigenvalue weighted by molar-refractivity contribution is -0.119. The van der Waals surface area contributed by atoms with E-state index in [1.807, 2.05) is 6.92 Å². The molecular weight excluding hydrogens is 210 g/mol. The van der Waals surface area contributed by atoms with Crippen LogP contribution >= 0.6 is 0 Å². The number of H-pyrrole nitrogens is 1. The first-order valence-electron chi connectivity index (χ1n) is 5.06. The van der Waals surface area contributed by atoms with Gasteiger partial charge in [-0.05, 0) is 13.3 Å². The minimum absolute atomic E-state index is 0.0246. The number of amides is 2. The van der Waals surface area contributed by atoms with Gasteiger partial charge in [0, 0.05) is 6.42 Å². The highest BCUT2D eigenvalue weighted by atomic mass is 16.2. The predicted molar refractivity (Wildman–Crippen MR) is 56.5 cm³/mol. The first-order valence-corrected chi connectivity index (χ1v) is 5.06. The van der Waals surface area contributed by atoms with E-state index in [1.54, 1.807) is 0 Å². The van der Waals surface area contributed by atoms with E-state index in [2.05, 4.69) is 20.5 Å². The van der Waals surface area contributed by atoms with E-state index in [1.165, 1.54) is 6.92 Å². The van der Waals surface area contributed by atoms with Crippen LogP contribution in [0.3, 0.4) is 0 Å². The van der Waals surface area contributed by atoms with Gasteiger partial charge in [-0.3, -0.25) is 14.7 Å². The second-order valence-electron chi connectivity index (χ2n) is 3.45. The molecule has 0 fully saturated rings. The molecule has 0 saturated carbocycles. The molecule has 88 valence electrons. The maximum Gasteiger partial charge on any atom is 0.291 e. The van der Waals surface area contributed by atoms with Crippen molar-refractivity contribution in [2.45, 2.75) is 32.7 Å². The Morgan fingerprint density at radius 3 is 2.81 bits per heavy atom. The van der Waals surface area contributed by atoms with Crippen LogP contribution in [-0.4, -0.2) is 33.0 Å². The van der Waals surface area contributed by atoms with Gasteiger partial charge in [0.15, 0.2) is 0 Å². The van der Waals surface area contributed by atoms with Crippen molar-refractivity contribution in [3.05, 3.63) is 11.6 Å². The fraction of sp³-hybridized carbons (Fsp3) is 0.556. The van der Waals surface area contributed by atoms with E-state index in [0.717, 1.165) is 12.8 Å². The first kappa shape index (κ1) is 12.2. The number of hydrogen-bond acceptors (Lipinski definition) is 4. The quantitative estimate of drug-likeness (QED) is 0.618. The lowest BCUT2D eigenvalue weighted by atomic mass is 10.3. The smallest absolute Gasteiger partial charge is 0.291 e. The van der Waals surface area contributed by atoms with Gasteiger partial charge in [0.05, 0.1) is 0 Å². The van der Waals surface area contributed by atoms with Crippen molar-refractivity contribution in [2.75, 3.05) is 0 Å². The number of nitrogens with two attached hydrogens (primary N) is 1. The van der Waals surface area contributed by atoms with E-state index in [0.29, 0.717) is 5.82 Å². The fourth-order valence-corrected chi connectivity index (χ4v) is 1.08. The number of nitrogens with zero attached hydrogens (tertiary/aromatic N) is 2. The Kier molecular flexibility index (Phi) is 3.98. The molecule has 1 heterocycles. The summed E-state index contributed by atoms with van der Waals surface area (Å²) >= 11 is 0. The minimum Gasteiger partial charge on any atom is -0.368 e. The summed E-state index contributed by atoms with van der Waals surface area (Å²) in [4.78, 5) is 26.2. The standard InChI is InChI=1S/C9H15N5O2/c1-3-4-6-12-8(14-13-6)9(16)11-5(2)7(10)15/h5H,3-4H2,1-2H3,(H2,10,15)(H,11,16)(H,12,13,14). The maximum absolute atomic E-state index is 11.5. The third kappa shape index (κ3) is 3.04. The van der Waals surface area contributed by atoms with Gasteiger partial charge in [0.25, 0.3) is 5.91 Å². The van der Waals surface area contributed by atoms with Crippen LogP contribution in [0, 0.1) is 0 Å². The average Bonchev–Trinajstić information content (AvgIpc) is 2.66. The summed E-state index contributed by atoms with van der Waals surface area (Å²) in [5, 5.41) is 8.79. The molecule has 16 heavy (non-hydrogen) atoms. The molecule has 0 spiro atoms. The summed E-state index contributed by atoms with van der Waals surface area (Å²) in [6.07, 6.45) is 1.64. The molecule has 0 saturated heterocycles. The second kappa shape index (κ2) is 5.24. The molecule has 0 radical (unpaired) electrons. The number of primary amides is 1. The number of aromatic amines is 1. The van der Waals surface area contributed by atoms with E-state index in [-0.39, 0.29) is 5.82 Å². The molecule has 0 bridgehead atoms. The number of aromatic nitrogens is 3. The zero-order valence-corrected chi connectivity index (χ0v) is 9.28. The maximum atomic E-state index is 11.5. The highest BCUT2D eigenvalue weighted by Gasteiger charge is 2.17. The summed E-state index contributed by atoms with van der Waals surface area (Å²) < 4.78 is 0. The van der Waals surface area contributed by atoms with Crippen LogP contribution in [0.25, 0.3) is 0 Å². The van der Waals surface area contributed by atoms with Crippen molar-refractivity contribution in [1.29, 1.82) is 0 Å². The van der Waals surface area contributed by atoms with E-state index in [9.17, 15) is 9.59 Å². The number of aryl methyl sites for hydroxylation is 1. The Bertz CT molecular complexity index is 387. The normalized spacial score (nSPS) is 12.1. The molecule has 1 atom stereocenters. The van der Waals surface area contributed by atoms with Gasteiger partial charge in [-0.1, -0.05) is 6.92 Å². The van der Waals surface area contributed by atoms with Gasteiger partial charge >= 0.3 is 0 Å². The largest absolute Gasteiger partial charge is 0.368 e. The van der Waals surface area contributed by atoms with Gasteiger partial charge in [-0.15, -0.1) is 5.10 Å². The first-order chi connectivity index (χ1) is 7.54. The molecular formula is C9H15N5O2. The molecule has 7 heteroatoms. The Morgan fingerprint density at radius 2 is 2.25 bits per heavy atom. The molecule has 1 aromatic heterocycles. The molecule has 4 N–H and O–H groups in total. The monoisotopic (exact) mass is 225 g/mol. The number of hydrogen-bond donors (Lipinski definition) is 3. The van der Waals surface area contributed by atoms with E-state index in [4.69, 9.17) is 5.73 Å². The summed E-state index contributed by atoms with van der Waals surface area (Å²) in [6.45, 7) is 3.50. The van der Waals surface area contributed by atoms with Gasteiger partial charge in [0.1, 0.15) is 11.9 Å². The lowest BCUT2D eigenvalue weighted by Gasteiger charge is -2.07. The number of rotatable bonds is 5. The molecule has 0 aromatic carbocycles. The molecule has 7 nitrogen and oxygen atoms in total. The third-order valence-corrected chi connectivity index (χ3v) is 2.00. The van der Waals surface area contributed by atoms with Crippen molar-refractivity contribution in [1.82, 2.24) is 20.5 Å². The van der Waals surface area contributed by atoms with Crippen LogP contribution in [-0.2, 0) is 11.2 Å². The zero-order chi connectivity index (χ0) is 12.1. The van der Waals surface area contributed by atoms with Crippen molar-refractivity contribution < 1.29 is 9.59 Å². The molecule has 0 aliphatic heterocycles. The Labute approximate surface area is 92.8 Å². The summed E-state index contributed by atoms with van der Waals surface area (Å²) in [5.74, 6) is -0.432. The lowest BCUT2D eigenvalue weighted by Crippen LogP contribution is -2.42. The third-order valence-electron chi connectivity index (χ3n) is 2.00. The minimum atomic E-state index is -0.736. The van der Waals surface area contributed by atoms with Crippen molar-refractivity contribution in [3.63, 3.8) is 0 Å². The fourth-order valence-electron chi connectivity index (χ4n) is 1.08. The number of nitrogens with one attached hydrogen (secondary N) is 2. The molecule has 2 amide bonds. The topological polar surface area (TPSA) is 114 Å². The highest BCUT2D eigenvalue weighted by Crippen LogP contribution is 1.97. The van der Waals surface area contributed by atoms with Crippen LogP contribution in [0.2, 0.25) is 0 Å². The predicted octanol–water partition coefficient (Wildman–Crippen LogP) is -0.639. The zero-order valence-electron chi connectivity index (χ0n) is 9.28. The molecule has 0 aliphatic rings. The van der Waals surface area contributed by atoms with Gasteiger partial charge in [0.2, 0.25) is 11.7 Å². The Hall–Kier alpha value is -1.92. The van der Waals surface area contributed by atoms with Crippen molar-refractivity contribution in [3.8, 4) is 0 Å². The summed E-state index contributed by atoms with van der Waals surface area (Å²) in [6, 6.07) is -0.736. The van der Waals surface area contributed by atoms with Gasteiger partial charge in [-0.25, -0.2) is 4.98 Å². The molecule has 1 rings (SSSR count). The molecule has 0 aliphatic carbocycles. The van der Waals surface area contributed by atoms with Crippen LogP contribution in [0.15, 0.2) is 0 Å². The van der Waals surface area contributed by atoms with E-state index >= 15 is 0 Å². The van der Waals surface area contributed by atoms with Crippen molar-refractivity contribution >= 4 is 11.8 Å². The second-order valence-corrected chi connectivity index (χ2v) is 3.45. The Balaban J connectivity index is 2.62. The molecule has 1 aromatic rings. The van der Waals surface area contributed by atoms with Crippen molar-refractivity contribution in [2.24, 2.45) is 5.73 Å². The van der Waals surface area contributed by atoms with Gasteiger partial charge in [-0.2, -0.15) is 0 Å². The SMILES string of the molecule is CCCc1nc(C(=O)NC(C)C(N)=O)n[nH]1. The average molecular weight is 225 g/mol. The number of carbonyl (C=O) groups is 2. The van der Waals surface area contributed by atoms with Crippen LogP contribution in [0.1, 0.15) is 36.7 Å². The molecule has 1 unspecified atom stereocenters. The summed E-state index contributed by atoms with van der Waals surface area (Å²) in [5.41, 5.74) is 5.01. The Morgan fingerprint density at radius 1 is 1.56 bits per heavy atom. The van der Waals surface area contributed by atoms with Crippen LogP contribution in [0.5, 0.6) is 0 Å². The van der Waals surface area contributed by atoms with Crippen LogP contribution < -0.4 is 11.1 Å². The van der Waals surface area contributed by atoms with Crippen LogP contribution in [0.4, 0.5) is 0 Å². The van der Waals surface area contributed by atoms with Gasteiger partial charge < -0.3 is 11.1 Å². The summed E-state index contributed by atoms with van der Waals surface area (Å²) in [7, 11) is 0. The highest BCUT2D eigenvalue weighted by molar-refractivity contribution is 5.94.